The molecule has 0 aromatic rings. The molecule has 5 heteroatoms. The number of hydrogen-bond donors (Lipinski definition) is 3. The second-order valence-corrected chi connectivity index (χ2v) is 3.77. The van der Waals surface area contributed by atoms with Crippen molar-refractivity contribution in [2.45, 2.75) is 51.0 Å². The van der Waals surface area contributed by atoms with Gasteiger partial charge in [0.1, 0.15) is 12.2 Å². The van der Waals surface area contributed by atoms with E-state index in [2.05, 4.69) is 0 Å². The van der Waals surface area contributed by atoms with Crippen LogP contribution in [-0.2, 0) is 9.47 Å². The number of hydrogen-bond acceptors (Lipinski definition) is 5. The Labute approximate surface area is 83.3 Å². The first-order valence-electron chi connectivity index (χ1n) is 4.82. The van der Waals surface area contributed by atoms with Crippen LogP contribution in [-0.4, -0.2) is 52.6 Å². The van der Waals surface area contributed by atoms with Gasteiger partial charge in [0.15, 0.2) is 6.29 Å². The quantitative estimate of drug-likeness (QED) is 0.565. The van der Waals surface area contributed by atoms with E-state index >= 15 is 0 Å². The zero-order valence-electron chi connectivity index (χ0n) is 8.46. The molecule has 0 aromatic heterocycles. The summed E-state index contributed by atoms with van der Waals surface area (Å²) in [7, 11) is 0. The fraction of sp³-hybridized carbons (Fsp3) is 1.00. The van der Waals surface area contributed by atoms with Crippen LogP contribution < -0.4 is 0 Å². The van der Waals surface area contributed by atoms with Crippen LogP contribution in [0.2, 0.25) is 0 Å². The van der Waals surface area contributed by atoms with E-state index in [9.17, 15) is 10.2 Å². The highest BCUT2D eigenvalue weighted by atomic mass is 16.7. The van der Waals surface area contributed by atoms with Crippen LogP contribution in [0.25, 0.3) is 0 Å². The molecule has 4 unspecified atom stereocenters. The average Bonchev–Trinajstić information content (AvgIpc) is 2.10. The van der Waals surface area contributed by atoms with E-state index in [0.717, 1.165) is 0 Å². The maximum Gasteiger partial charge on any atom is 0.161 e. The molecular weight excluding hydrogens is 188 g/mol. The molecule has 1 aliphatic heterocycles. The topological polar surface area (TPSA) is 79.2 Å². The first kappa shape index (κ1) is 11.9. The van der Waals surface area contributed by atoms with Gasteiger partial charge in [-0.15, -0.1) is 0 Å². The van der Waals surface area contributed by atoms with Crippen molar-refractivity contribution < 1.29 is 24.8 Å². The van der Waals surface area contributed by atoms with E-state index in [1.54, 1.807) is 0 Å². The molecular formula is C9H18O5. The van der Waals surface area contributed by atoms with E-state index in [4.69, 9.17) is 14.6 Å². The molecule has 1 fully saturated rings. The Morgan fingerprint density at radius 3 is 2.57 bits per heavy atom. The van der Waals surface area contributed by atoms with E-state index < -0.39 is 24.6 Å². The summed E-state index contributed by atoms with van der Waals surface area (Å²) in [6.07, 6.45) is -3.03. The van der Waals surface area contributed by atoms with E-state index in [1.807, 2.05) is 13.8 Å². The minimum atomic E-state index is -1.04. The molecule has 0 radical (unpaired) electrons. The highest BCUT2D eigenvalue weighted by Gasteiger charge is 2.36. The first-order chi connectivity index (χ1) is 6.54. The lowest BCUT2D eigenvalue weighted by atomic mass is 10.0. The van der Waals surface area contributed by atoms with Gasteiger partial charge in [0.2, 0.25) is 0 Å². The summed E-state index contributed by atoms with van der Waals surface area (Å²) in [5, 5.41) is 27.7. The summed E-state index contributed by atoms with van der Waals surface area (Å²) >= 11 is 0. The molecule has 0 aromatic carbocycles. The lowest BCUT2D eigenvalue weighted by Crippen LogP contribution is -2.50. The molecule has 1 saturated heterocycles. The highest BCUT2D eigenvalue weighted by Crippen LogP contribution is 2.21. The minimum absolute atomic E-state index is 0.0122. The first-order valence-corrected chi connectivity index (χ1v) is 4.82. The van der Waals surface area contributed by atoms with Gasteiger partial charge in [-0.2, -0.15) is 0 Å². The Bertz CT molecular complexity index is 173. The van der Waals surface area contributed by atoms with Crippen molar-refractivity contribution in [3.63, 3.8) is 0 Å². The number of ether oxygens (including phenoxy) is 2. The monoisotopic (exact) mass is 206 g/mol. The fourth-order valence-electron chi connectivity index (χ4n) is 1.46. The van der Waals surface area contributed by atoms with Gasteiger partial charge in [0.25, 0.3) is 0 Å². The van der Waals surface area contributed by atoms with E-state index in [1.165, 1.54) is 0 Å². The molecule has 0 amide bonds. The number of aliphatic hydroxyl groups is 3. The SMILES string of the molecule is CC(C)OC1CC(O)C(O)C(CO)O1. The third kappa shape index (κ3) is 2.90. The Morgan fingerprint density at radius 1 is 1.43 bits per heavy atom. The molecule has 3 N–H and O–H groups in total. The zero-order chi connectivity index (χ0) is 10.7. The summed E-state index contributed by atoms with van der Waals surface area (Å²) in [5.41, 5.74) is 0. The molecule has 1 rings (SSSR count). The third-order valence-corrected chi connectivity index (χ3v) is 2.14. The fourth-order valence-corrected chi connectivity index (χ4v) is 1.46. The highest BCUT2D eigenvalue weighted by molar-refractivity contribution is 4.82. The normalized spacial score (nSPS) is 39.0. The van der Waals surface area contributed by atoms with Crippen LogP contribution >= 0.6 is 0 Å². The summed E-state index contributed by atoms with van der Waals surface area (Å²) < 4.78 is 10.6. The van der Waals surface area contributed by atoms with Gasteiger partial charge in [-0.1, -0.05) is 0 Å². The summed E-state index contributed by atoms with van der Waals surface area (Å²) in [4.78, 5) is 0. The third-order valence-electron chi connectivity index (χ3n) is 2.14. The molecule has 1 heterocycles. The van der Waals surface area contributed by atoms with Gasteiger partial charge in [-0.3, -0.25) is 0 Å². The number of aliphatic hydroxyl groups excluding tert-OH is 3. The molecule has 0 aliphatic carbocycles. The summed E-state index contributed by atoms with van der Waals surface area (Å²) in [6, 6.07) is 0. The van der Waals surface area contributed by atoms with E-state index in [-0.39, 0.29) is 19.1 Å². The Hall–Kier alpha value is -0.200. The van der Waals surface area contributed by atoms with Crippen LogP contribution in [0.3, 0.4) is 0 Å². The second kappa shape index (κ2) is 5.04. The molecule has 0 saturated carbocycles. The van der Waals surface area contributed by atoms with Crippen molar-refractivity contribution in [3.8, 4) is 0 Å². The summed E-state index contributed by atoms with van der Waals surface area (Å²) in [5.74, 6) is 0. The molecule has 0 bridgehead atoms. The average molecular weight is 206 g/mol. The van der Waals surface area contributed by atoms with E-state index in [0.29, 0.717) is 0 Å². The maximum absolute atomic E-state index is 9.44. The molecule has 4 atom stereocenters. The Morgan fingerprint density at radius 2 is 2.07 bits per heavy atom. The smallest absolute Gasteiger partial charge is 0.161 e. The standard InChI is InChI=1S/C9H18O5/c1-5(2)13-8-3-6(11)9(12)7(4-10)14-8/h5-12H,3-4H2,1-2H3. The van der Waals surface area contributed by atoms with Crippen molar-refractivity contribution in [3.05, 3.63) is 0 Å². The lowest BCUT2D eigenvalue weighted by Gasteiger charge is -2.36. The van der Waals surface area contributed by atoms with Crippen molar-refractivity contribution in [1.29, 1.82) is 0 Å². The number of rotatable bonds is 3. The van der Waals surface area contributed by atoms with Crippen molar-refractivity contribution in [2.75, 3.05) is 6.61 Å². The van der Waals surface area contributed by atoms with Gasteiger partial charge in [-0.25, -0.2) is 0 Å². The van der Waals surface area contributed by atoms with Crippen LogP contribution in [0.1, 0.15) is 20.3 Å². The van der Waals surface area contributed by atoms with Crippen LogP contribution in [0.15, 0.2) is 0 Å². The van der Waals surface area contributed by atoms with Crippen LogP contribution in [0, 0.1) is 0 Å². The van der Waals surface area contributed by atoms with Gasteiger partial charge in [0, 0.05) is 6.42 Å². The Kier molecular flexibility index (Phi) is 4.28. The predicted molar refractivity (Wildman–Crippen MR) is 48.6 cm³/mol. The van der Waals surface area contributed by atoms with Crippen molar-refractivity contribution >= 4 is 0 Å². The Balaban J connectivity index is 2.49. The van der Waals surface area contributed by atoms with Crippen LogP contribution in [0.4, 0.5) is 0 Å². The molecule has 14 heavy (non-hydrogen) atoms. The zero-order valence-corrected chi connectivity index (χ0v) is 8.46. The van der Waals surface area contributed by atoms with Crippen molar-refractivity contribution in [2.24, 2.45) is 0 Å². The van der Waals surface area contributed by atoms with Gasteiger partial charge in [-0.05, 0) is 13.8 Å². The minimum Gasteiger partial charge on any atom is -0.394 e. The van der Waals surface area contributed by atoms with Gasteiger partial charge in [0.05, 0.1) is 18.8 Å². The largest absolute Gasteiger partial charge is 0.394 e. The van der Waals surface area contributed by atoms with Crippen molar-refractivity contribution in [1.82, 2.24) is 0 Å². The molecule has 0 spiro atoms. The predicted octanol–water partition coefficient (Wildman–Crippen LogP) is -0.760. The van der Waals surface area contributed by atoms with Crippen LogP contribution in [0.5, 0.6) is 0 Å². The van der Waals surface area contributed by atoms with Gasteiger partial charge < -0.3 is 24.8 Å². The lowest BCUT2D eigenvalue weighted by molar-refractivity contribution is -0.265. The molecule has 5 nitrogen and oxygen atoms in total. The van der Waals surface area contributed by atoms with Gasteiger partial charge >= 0.3 is 0 Å². The molecule has 1 aliphatic rings. The second-order valence-electron chi connectivity index (χ2n) is 3.77. The summed E-state index contributed by atoms with van der Waals surface area (Å²) in [6.45, 7) is 3.39. The maximum atomic E-state index is 9.44. The molecule has 84 valence electrons.